The molecule has 0 bridgehead atoms. The van der Waals surface area contributed by atoms with Crippen LogP contribution in [0.5, 0.6) is 0 Å². The lowest BCUT2D eigenvalue weighted by Gasteiger charge is -2.02. The van der Waals surface area contributed by atoms with Gasteiger partial charge in [-0.15, -0.1) is 12.4 Å². The predicted octanol–water partition coefficient (Wildman–Crippen LogP) is 1.85. The maximum atomic E-state index is 11.3. The number of nitrogens with two attached hydrogens (primary N) is 1. The molecule has 2 aromatic rings. The van der Waals surface area contributed by atoms with Gasteiger partial charge in [-0.2, -0.15) is 0 Å². The van der Waals surface area contributed by atoms with Gasteiger partial charge < -0.3 is 15.5 Å². The molecule has 17 heavy (non-hydrogen) atoms. The standard InChI is InChI=1S/C11H13N3O2.ClH/c1-7-13-9-3-2-8(6-10(9)16-7)14-11(15)4-5-12;/h2-3,6H,4-5,12H2,1H3,(H,14,15);1H. The summed E-state index contributed by atoms with van der Waals surface area (Å²) in [5.41, 5.74) is 7.44. The van der Waals surface area contributed by atoms with Crippen LogP contribution in [0.3, 0.4) is 0 Å². The van der Waals surface area contributed by atoms with E-state index in [1.165, 1.54) is 0 Å². The van der Waals surface area contributed by atoms with E-state index in [0.717, 1.165) is 5.52 Å². The van der Waals surface area contributed by atoms with Crippen molar-refractivity contribution < 1.29 is 9.21 Å². The molecule has 6 heteroatoms. The number of nitrogens with one attached hydrogen (secondary N) is 1. The number of carbonyl (C=O) groups excluding carboxylic acids is 1. The molecule has 1 amide bonds. The van der Waals surface area contributed by atoms with Gasteiger partial charge >= 0.3 is 0 Å². The van der Waals surface area contributed by atoms with Crippen molar-refractivity contribution in [1.29, 1.82) is 0 Å². The quantitative estimate of drug-likeness (QED) is 0.877. The average molecular weight is 256 g/mol. The van der Waals surface area contributed by atoms with Crippen molar-refractivity contribution in [3.05, 3.63) is 24.1 Å². The van der Waals surface area contributed by atoms with Crippen LogP contribution in [-0.2, 0) is 4.79 Å². The third-order valence-corrected chi connectivity index (χ3v) is 2.15. The van der Waals surface area contributed by atoms with E-state index in [4.69, 9.17) is 10.2 Å². The van der Waals surface area contributed by atoms with E-state index in [2.05, 4.69) is 10.3 Å². The third-order valence-electron chi connectivity index (χ3n) is 2.15. The molecule has 0 atom stereocenters. The number of benzene rings is 1. The van der Waals surface area contributed by atoms with Crippen LogP contribution in [0.15, 0.2) is 22.6 Å². The van der Waals surface area contributed by atoms with Crippen molar-refractivity contribution in [2.24, 2.45) is 5.73 Å². The molecule has 0 aliphatic rings. The lowest BCUT2D eigenvalue weighted by molar-refractivity contribution is -0.116. The fourth-order valence-corrected chi connectivity index (χ4v) is 1.47. The zero-order valence-electron chi connectivity index (χ0n) is 9.40. The Bertz CT molecular complexity index is 524. The first kappa shape index (κ1) is 13.5. The fraction of sp³-hybridized carbons (Fsp3) is 0.273. The molecule has 92 valence electrons. The van der Waals surface area contributed by atoms with Gasteiger partial charge in [0, 0.05) is 31.6 Å². The molecule has 1 aromatic heterocycles. The topological polar surface area (TPSA) is 81.2 Å². The summed E-state index contributed by atoms with van der Waals surface area (Å²) in [6, 6.07) is 5.35. The minimum absolute atomic E-state index is 0. The number of hydrogen-bond donors (Lipinski definition) is 2. The van der Waals surface area contributed by atoms with Gasteiger partial charge in [0.15, 0.2) is 11.5 Å². The highest BCUT2D eigenvalue weighted by Crippen LogP contribution is 2.19. The molecule has 5 nitrogen and oxygen atoms in total. The number of anilines is 1. The zero-order chi connectivity index (χ0) is 11.5. The van der Waals surface area contributed by atoms with Gasteiger partial charge in [-0.3, -0.25) is 4.79 Å². The number of amides is 1. The normalized spacial score (nSPS) is 10.0. The summed E-state index contributed by atoms with van der Waals surface area (Å²) in [7, 11) is 0. The van der Waals surface area contributed by atoms with Crippen molar-refractivity contribution in [3.8, 4) is 0 Å². The van der Waals surface area contributed by atoms with Crippen LogP contribution >= 0.6 is 12.4 Å². The average Bonchev–Trinajstić information content (AvgIpc) is 2.57. The summed E-state index contributed by atoms with van der Waals surface area (Å²) >= 11 is 0. The van der Waals surface area contributed by atoms with E-state index in [-0.39, 0.29) is 18.3 Å². The number of carbonyl (C=O) groups is 1. The van der Waals surface area contributed by atoms with Crippen LogP contribution < -0.4 is 11.1 Å². The molecule has 0 radical (unpaired) electrons. The number of aromatic nitrogens is 1. The van der Waals surface area contributed by atoms with Crippen LogP contribution in [0.25, 0.3) is 11.1 Å². The monoisotopic (exact) mass is 255 g/mol. The smallest absolute Gasteiger partial charge is 0.225 e. The highest BCUT2D eigenvalue weighted by molar-refractivity contribution is 5.92. The number of oxazole rings is 1. The van der Waals surface area contributed by atoms with Gasteiger partial charge in [0.05, 0.1) is 0 Å². The molecule has 3 N–H and O–H groups in total. The molecule has 0 saturated carbocycles. The Kier molecular flexibility index (Phi) is 4.48. The lowest BCUT2D eigenvalue weighted by atomic mass is 10.2. The van der Waals surface area contributed by atoms with Gasteiger partial charge in [-0.05, 0) is 12.1 Å². The molecular formula is C11H14ClN3O2. The molecule has 0 saturated heterocycles. The van der Waals surface area contributed by atoms with E-state index in [1.54, 1.807) is 19.1 Å². The van der Waals surface area contributed by atoms with Crippen molar-refractivity contribution >= 4 is 35.1 Å². The first-order valence-electron chi connectivity index (χ1n) is 5.06. The summed E-state index contributed by atoms with van der Waals surface area (Å²) in [5, 5.41) is 2.74. The van der Waals surface area contributed by atoms with Gasteiger partial charge in [0.1, 0.15) is 5.52 Å². The van der Waals surface area contributed by atoms with E-state index >= 15 is 0 Å². The lowest BCUT2D eigenvalue weighted by Crippen LogP contribution is -2.15. The summed E-state index contributed by atoms with van der Waals surface area (Å²) in [6.45, 7) is 2.13. The zero-order valence-corrected chi connectivity index (χ0v) is 10.2. The maximum Gasteiger partial charge on any atom is 0.225 e. The second-order valence-corrected chi connectivity index (χ2v) is 3.50. The number of hydrogen-bond acceptors (Lipinski definition) is 4. The maximum absolute atomic E-state index is 11.3. The Hall–Kier alpha value is -1.59. The second-order valence-electron chi connectivity index (χ2n) is 3.50. The highest BCUT2D eigenvalue weighted by Gasteiger charge is 2.05. The van der Waals surface area contributed by atoms with Crippen molar-refractivity contribution in [3.63, 3.8) is 0 Å². The summed E-state index contributed by atoms with van der Waals surface area (Å²) < 4.78 is 5.36. The minimum Gasteiger partial charge on any atom is -0.441 e. The van der Waals surface area contributed by atoms with Crippen LogP contribution in [0, 0.1) is 6.92 Å². The Labute approximate surface area is 105 Å². The van der Waals surface area contributed by atoms with Crippen molar-refractivity contribution in [1.82, 2.24) is 4.98 Å². The van der Waals surface area contributed by atoms with Crippen LogP contribution in [0.1, 0.15) is 12.3 Å². The molecular weight excluding hydrogens is 242 g/mol. The van der Waals surface area contributed by atoms with Crippen molar-refractivity contribution in [2.75, 3.05) is 11.9 Å². The van der Waals surface area contributed by atoms with Gasteiger partial charge in [-0.1, -0.05) is 0 Å². The first-order chi connectivity index (χ1) is 7.69. The van der Waals surface area contributed by atoms with Crippen LogP contribution in [0.2, 0.25) is 0 Å². The van der Waals surface area contributed by atoms with E-state index in [9.17, 15) is 4.79 Å². The molecule has 0 aliphatic carbocycles. The number of halogens is 1. The van der Waals surface area contributed by atoms with Crippen LogP contribution in [0.4, 0.5) is 5.69 Å². The number of aryl methyl sites for hydroxylation is 1. The number of fused-ring (bicyclic) bond motifs is 1. The highest BCUT2D eigenvalue weighted by atomic mass is 35.5. The molecule has 0 unspecified atom stereocenters. The van der Waals surface area contributed by atoms with Gasteiger partial charge in [0.2, 0.25) is 5.91 Å². The predicted molar refractivity (Wildman–Crippen MR) is 68.3 cm³/mol. The Morgan fingerprint density at radius 2 is 2.29 bits per heavy atom. The molecule has 1 aromatic carbocycles. The fourth-order valence-electron chi connectivity index (χ4n) is 1.47. The molecule has 0 aliphatic heterocycles. The van der Waals surface area contributed by atoms with Gasteiger partial charge in [-0.25, -0.2) is 4.98 Å². The Morgan fingerprint density at radius 3 is 3.00 bits per heavy atom. The largest absolute Gasteiger partial charge is 0.441 e. The number of nitrogens with zero attached hydrogens (tertiary/aromatic N) is 1. The molecule has 0 fully saturated rings. The second kappa shape index (κ2) is 5.65. The molecule has 1 heterocycles. The van der Waals surface area contributed by atoms with E-state index < -0.39 is 0 Å². The Balaban J connectivity index is 0.00000144. The van der Waals surface area contributed by atoms with Crippen LogP contribution in [-0.4, -0.2) is 17.4 Å². The third kappa shape index (κ3) is 3.18. The first-order valence-corrected chi connectivity index (χ1v) is 5.06. The van der Waals surface area contributed by atoms with Gasteiger partial charge in [0.25, 0.3) is 0 Å². The Morgan fingerprint density at radius 1 is 1.53 bits per heavy atom. The SMILES string of the molecule is Cc1nc2ccc(NC(=O)CCN)cc2o1.Cl. The van der Waals surface area contributed by atoms with E-state index in [0.29, 0.717) is 30.1 Å². The van der Waals surface area contributed by atoms with Crippen molar-refractivity contribution in [2.45, 2.75) is 13.3 Å². The molecule has 2 rings (SSSR count). The number of rotatable bonds is 3. The summed E-state index contributed by atoms with van der Waals surface area (Å²) in [6.07, 6.45) is 0.313. The minimum atomic E-state index is -0.0990. The summed E-state index contributed by atoms with van der Waals surface area (Å²) in [4.78, 5) is 15.5. The molecule has 0 spiro atoms. The van der Waals surface area contributed by atoms with E-state index in [1.807, 2.05) is 6.07 Å². The summed E-state index contributed by atoms with van der Waals surface area (Å²) in [5.74, 6) is 0.513.